The van der Waals surface area contributed by atoms with Crippen LogP contribution in [-0.2, 0) is 10.8 Å². The van der Waals surface area contributed by atoms with Crippen LogP contribution in [0.1, 0.15) is 89.0 Å². The molecule has 0 unspecified atom stereocenters. The molecule has 3 rings (SSSR count). The Balaban J connectivity index is 1.96. The van der Waals surface area contributed by atoms with Crippen LogP contribution in [-0.4, -0.2) is 12.6 Å². The van der Waals surface area contributed by atoms with E-state index in [4.69, 9.17) is 0 Å². The van der Waals surface area contributed by atoms with Crippen molar-refractivity contribution < 1.29 is 0 Å². The molecule has 0 amide bonds. The minimum Gasteiger partial charge on any atom is -0.313 e. The molecule has 1 aliphatic rings. The van der Waals surface area contributed by atoms with E-state index in [2.05, 4.69) is 95.4 Å². The summed E-state index contributed by atoms with van der Waals surface area (Å²) < 4.78 is 0. The average Bonchev–Trinajstić information content (AvgIpc) is 2.62. The molecule has 1 nitrogen and oxygen atoms in total. The summed E-state index contributed by atoms with van der Waals surface area (Å²) in [4.78, 5) is 0. The third-order valence-corrected chi connectivity index (χ3v) is 6.02. The Morgan fingerprint density at radius 2 is 1.15 bits per heavy atom. The molecule has 1 atom stereocenters. The quantitative estimate of drug-likeness (QED) is 0.651. The van der Waals surface area contributed by atoms with Gasteiger partial charge in [-0.15, -0.1) is 0 Å². The Morgan fingerprint density at radius 3 is 1.48 bits per heavy atom. The zero-order valence-corrected chi connectivity index (χ0v) is 18.1. The fraction of sp³-hybridized carbons (Fsp3) is 0.538. The highest BCUT2D eigenvalue weighted by Gasteiger charge is 2.27. The molecule has 0 saturated carbocycles. The van der Waals surface area contributed by atoms with Crippen LogP contribution in [0.5, 0.6) is 0 Å². The molecule has 1 fully saturated rings. The number of piperidine rings is 1. The summed E-state index contributed by atoms with van der Waals surface area (Å²) in [6.45, 7) is 14.9. The second-order valence-electron chi connectivity index (χ2n) is 10.3. The first kappa shape index (κ1) is 20.1. The molecule has 2 aromatic carbocycles. The van der Waals surface area contributed by atoms with Gasteiger partial charge in [-0.1, -0.05) is 96.5 Å². The first-order valence-corrected chi connectivity index (χ1v) is 10.6. The molecule has 0 bridgehead atoms. The zero-order valence-electron chi connectivity index (χ0n) is 18.1. The van der Waals surface area contributed by atoms with Crippen LogP contribution < -0.4 is 5.32 Å². The number of benzene rings is 2. The van der Waals surface area contributed by atoms with E-state index in [1.165, 1.54) is 41.5 Å². The Kier molecular flexibility index (Phi) is 5.82. The molecule has 146 valence electrons. The van der Waals surface area contributed by atoms with Crippen LogP contribution in [0.15, 0.2) is 48.5 Å². The highest BCUT2D eigenvalue weighted by molar-refractivity contribution is 5.39. The summed E-state index contributed by atoms with van der Waals surface area (Å²) in [6, 6.07) is 19.3. The van der Waals surface area contributed by atoms with E-state index in [-0.39, 0.29) is 10.8 Å². The first-order chi connectivity index (χ1) is 12.7. The fourth-order valence-electron chi connectivity index (χ4n) is 4.20. The fourth-order valence-corrected chi connectivity index (χ4v) is 4.20. The summed E-state index contributed by atoms with van der Waals surface area (Å²) >= 11 is 0. The van der Waals surface area contributed by atoms with Gasteiger partial charge in [0, 0.05) is 12.0 Å². The van der Waals surface area contributed by atoms with Crippen LogP contribution in [0, 0.1) is 0 Å². The van der Waals surface area contributed by atoms with Crippen LogP contribution in [0.25, 0.3) is 0 Å². The smallest absolute Gasteiger partial charge is 0.0243 e. The van der Waals surface area contributed by atoms with Gasteiger partial charge in [0.1, 0.15) is 0 Å². The number of nitrogens with one attached hydrogen (secondary N) is 1. The van der Waals surface area contributed by atoms with Gasteiger partial charge in [-0.05, 0) is 52.5 Å². The van der Waals surface area contributed by atoms with Crippen LogP contribution >= 0.6 is 0 Å². The lowest BCUT2D eigenvalue weighted by Crippen LogP contribution is -2.39. The summed E-state index contributed by atoms with van der Waals surface area (Å²) in [5.41, 5.74) is 6.09. The van der Waals surface area contributed by atoms with Gasteiger partial charge in [0.2, 0.25) is 0 Å². The van der Waals surface area contributed by atoms with Crippen LogP contribution in [0.3, 0.4) is 0 Å². The maximum atomic E-state index is 3.81. The highest BCUT2D eigenvalue weighted by atomic mass is 14.9. The van der Waals surface area contributed by atoms with Gasteiger partial charge in [-0.25, -0.2) is 0 Å². The molecule has 1 heterocycles. The molecule has 1 aliphatic heterocycles. The van der Waals surface area contributed by atoms with Crippen molar-refractivity contribution >= 4 is 0 Å². The van der Waals surface area contributed by atoms with Crippen molar-refractivity contribution in [3.8, 4) is 0 Å². The minimum atomic E-state index is 0.200. The van der Waals surface area contributed by atoms with Crippen molar-refractivity contribution in [2.24, 2.45) is 0 Å². The third kappa shape index (κ3) is 4.82. The number of hydrogen-bond donors (Lipinski definition) is 1. The maximum absolute atomic E-state index is 3.81. The van der Waals surface area contributed by atoms with Crippen LogP contribution in [0.2, 0.25) is 0 Å². The lowest BCUT2D eigenvalue weighted by molar-refractivity contribution is 0.372. The zero-order chi connectivity index (χ0) is 19.7. The van der Waals surface area contributed by atoms with E-state index in [0.29, 0.717) is 12.0 Å². The average molecular weight is 364 g/mol. The van der Waals surface area contributed by atoms with Gasteiger partial charge in [0.05, 0.1) is 0 Å². The number of hydrogen-bond acceptors (Lipinski definition) is 1. The lowest BCUT2D eigenvalue weighted by atomic mass is 9.78. The van der Waals surface area contributed by atoms with Crippen molar-refractivity contribution in [1.29, 1.82) is 0 Å². The normalized spacial score (nSPS) is 18.7. The largest absolute Gasteiger partial charge is 0.313 e. The highest BCUT2D eigenvalue weighted by Crippen LogP contribution is 2.34. The molecular formula is C26H37N. The lowest BCUT2D eigenvalue weighted by Gasteiger charge is -2.33. The molecular weight excluding hydrogens is 326 g/mol. The molecule has 0 spiro atoms. The molecule has 1 heteroatoms. The second kappa shape index (κ2) is 7.80. The van der Waals surface area contributed by atoms with Gasteiger partial charge in [0.25, 0.3) is 0 Å². The van der Waals surface area contributed by atoms with Gasteiger partial charge in [0.15, 0.2) is 0 Å². The predicted octanol–water partition coefficient (Wildman–Crippen LogP) is 6.56. The van der Waals surface area contributed by atoms with Crippen LogP contribution in [0.4, 0.5) is 0 Å². The van der Waals surface area contributed by atoms with E-state index >= 15 is 0 Å². The topological polar surface area (TPSA) is 12.0 Å². The molecule has 0 radical (unpaired) electrons. The van der Waals surface area contributed by atoms with Crippen molar-refractivity contribution in [2.75, 3.05) is 6.54 Å². The SMILES string of the molecule is CC(C)(C)c1ccc(C(c2ccc(C(C)(C)C)cc2)[C@H]2CCCCN2)cc1. The molecule has 1 N–H and O–H groups in total. The molecule has 27 heavy (non-hydrogen) atoms. The summed E-state index contributed by atoms with van der Waals surface area (Å²) in [5.74, 6) is 0.424. The molecule has 1 saturated heterocycles. The van der Waals surface area contributed by atoms with E-state index in [1.54, 1.807) is 0 Å². The second-order valence-corrected chi connectivity index (χ2v) is 10.3. The summed E-state index contributed by atoms with van der Waals surface area (Å²) in [6.07, 6.45) is 3.89. The maximum Gasteiger partial charge on any atom is 0.0243 e. The van der Waals surface area contributed by atoms with E-state index in [9.17, 15) is 0 Å². The Bertz CT molecular complexity index is 662. The van der Waals surface area contributed by atoms with E-state index in [0.717, 1.165) is 6.54 Å². The molecule has 0 aromatic heterocycles. The van der Waals surface area contributed by atoms with Crippen molar-refractivity contribution in [2.45, 2.75) is 83.6 Å². The number of rotatable bonds is 3. The Labute approximate surface area is 166 Å². The molecule has 2 aromatic rings. The monoisotopic (exact) mass is 363 g/mol. The van der Waals surface area contributed by atoms with Gasteiger partial charge < -0.3 is 5.32 Å². The van der Waals surface area contributed by atoms with Crippen molar-refractivity contribution in [3.05, 3.63) is 70.8 Å². The summed E-state index contributed by atoms with van der Waals surface area (Å²) in [5, 5.41) is 3.81. The van der Waals surface area contributed by atoms with E-state index < -0.39 is 0 Å². The van der Waals surface area contributed by atoms with Gasteiger partial charge in [-0.3, -0.25) is 0 Å². The van der Waals surface area contributed by atoms with Crippen molar-refractivity contribution in [1.82, 2.24) is 5.32 Å². The van der Waals surface area contributed by atoms with Gasteiger partial charge >= 0.3 is 0 Å². The minimum absolute atomic E-state index is 0.200. The van der Waals surface area contributed by atoms with Crippen molar-refractivity contribution in [3.63, 3.8) is 0 Å². The Morgan fingerprint density at radius 1 is 0.704 bits per heavy atom. The standard InChI is InChI=1S/C26H37N/c1-25(2,3)21-14-10-19(11-15-21)24(23-9-7-8-18-27-23)20-12-16-22(17-13-20)26(4,5)6/h10-17,23-24,27H,7-9,18H2,1-6H3/t23-/m1/s1. The van der Waals surface area contributed by atoms with Gasteiger partial charge in [-0.2, -0.15) is 0 Å². The first-order valence-electron chi connectivity index (χ1n) is 10.6. The third-order valence-electron chi connectivity index (χ3n) is 6.02. The van der Waals surface area contributed by atoms with E-state index in [1.807, 2.05) is 0 Å². The Hall–Kier alpha value is -1.60. The molecule has 0 aliphatic carbocycles. The summed E-state index contributed by atoms with van der Waals surface area (Å²) in [7, 11) is 0. The predicted molar refractivity (Wildman–Crippen MR) is 118 cm³/mol.